The Morgan fingerprint density at radius 1 is 1.00 bits per heavy atom. The quantitative estimate of drug-likeness (QED) is 0.418. The Labute approximate surface area is 135 Å². The van der Waals surface area contributed by atoms with Gasteiger partial charge in [0.15, 0.2) is 0 Å². The van der Waals surface area contributed by atoms with Gasteiger partial charge in [0.05, 0.1) is 12.7 Å². The van der Waals surface area contributed by atoms with Crippen LogP contribution in [-0.4, -0.2) is 49.3 Å². The number of rotatable bonds is 13. The van der Waals surface area contributed by atoms with Crippen molar-refractivity contribution in [3.8, 4) is 0 Å². The van der Waals surface area contributed by atoms with E-state index in [0.29, 0.717) is 6.61 Å². The van der Waals surface area contributed by atoms with Crippen molar-refractivity contribution in [3.05, 3.63) is 12.7 Å². The Kier molecular flexibility index (Phi) is 10.8. The summed E-state index contributed by atoms with van der Waals surface area (Å²) in [4.78, 5) is 0. The smallest absolute Gasteiger partial charge is 0.115 e. The zero-order valence-electron chi connectivity index (χ0n) is 14.3. The molecule has 22 heavy (non-hydrogen) atoms. The van der Waals surface area contributed by atoms with E-state index in [0.717, 1.165) is 19.4 Å². The number of hydrogen-bond acceptors (Lipinski definition) is 4. The van der Waals surface area contributed by atoms with Crippen LogP contribution in [0.4, 0.5) is 0 Å². The summed E-state index contributed by atoms with van der Waals surface area (Å²) in [5, 5.41) is 9.47. The number of unbranched alkanes of at least 4 members (excludes halogenated alkanes) is 5. The second kappa shape index (κ2) is 12.1. The molecule has 1 aliphatic heterocycles. The molecule has 1 heterocycles. The molecule has 0 aromatic rings. The van der Waals surface area contributed by atoms with E-state index in [-0.39, 0.29) is 31.0 Å². The molecule has 4 atom stereocenters. The summed E-state index contributed by atoms with van der Waals surface area (Å²) in [7, 11) is 0. The van der Waals surface area contributed by atoms with Crippen LogP contribution in [0.1, 0.15) is 58.8 Å². The van der Waals surface area contributed by atoms with E-state index in [1.54, 1.807) is 0 Å². The lowest BCUT2D eigenvalue weighted by atomic mass is 10.1. The standard InChI is InChI=1S/C18H34O4/c1-4-7-8-9-10-11-13-21-17-15(12-5-2)22-16(14-19)18(17)20-6-3/h5,15-19H,2,4,6-14H2,1,3H3. The molecule has 1 aliphatic rings. The first kappa shape index (κ1) is 19.6. The van der Waals surface area contributed by atoms with Crippen LogP contribution in [0.2, 0.25) is 0 Å². The maximum Gasteiger partial charge on any atom is 0.115 e. The first-order valence-corrected chi connectivity index (χ1v) is 8.88. The Morgan fingerprint density at radius 3 is 2.32 bits per heavy atom. The Bertz CT molecular complexity index is 282. The normalized spacial score (nSPS) is 28.1. The number of ether oxygens (including phenoxy) is 3. The average Bonchev–Trinajstić information content (AvgIpc) is 2.84. The van der Waals surface area contributed by atoms with Crippen LogP contribution in [0.15, 0.2) is 12.7 Å². The summed E-state index contributed by atoms with van der Waals surface area (Å²) in [6, 6.07) is 0. The molecule has 1 N–H and O–H groups in total. The first-order valence-electron chi connectivity index (χ1n) is 8.88. The third-order valence-corrected chi connectivity index (χ3v) is 4.15. The molecule has 130 valence electrons. The van der Waals surface area contributed by atoms with Gasteiger partial charge in [-0.2, -0.15) is 0 Å². The molecule has 0 aliphatic carbocycles. The third-order valence-electron chi connectivity index (χ3n) is 4.15. The predicted octanol–water partition coefficient (Wildman–Crippen LogP) is 3.47. The van der Waals surface area contributed by atoms with E-state index >= 15 is 0 Å². The summed E-state index contributed by atoms with van der Waals surface area (Å²) in [5.41, 5.74) is 0. The van der Waals surface area contributed by atoms with E-state index in [9.17, 15) is 5.11 Å². The maximum atomic E-state index is 9.47. The molecule has 0 saturated carbocycles. The lowest BCUT2D eigenvalue weighted by Crippen LogP contribution is -2.39. The number of hydrogen-bond donors (Lipinski definition) is 1. The minimum Gasteiger partial charge on any atom is -0.394 e. The van der Waals surface area contributed by atoms with E-state index in [2.05, 4.69) is 13.5 Å². The van der Waals surface area contributed by atoms with Gasteiger partial charge in [0, 0.05) is 13.2 Å². The maximum absolute atomic E-state index is 9.47. The van der Waals surface area contributed by atoms with Gasteiger partial charge >= 0.3 is 0 Å². The van der Waals surface area contributed by atoms with Gasteiger partial charge in [-0.05, 0) is 19.8 Å². The number of aliphatic hydroxyl groups is 1. The molecule has 0 aromatic heterocycles. The van der Waals surface area contributed by atoms with Crippen LogP contribution < -0.4 is 0 Å². The summed E-state index contributed by atoms with van der Waals surface area (Å²) >= 11 is 0. The topological polar surface area (TPSA) is 47.9 Å². The lowest BCUT2D eigenvalue weighted by Gasteiger charge is -2.23. The Balaban J connectivity index is 2.38. The van der Waals surface area contributed by atoms with Crippen LogP contribution in [0, 0.1) is 0 Å². The highest BCUT2D eigenvalue weighted by Gasteiger charge is 2.44. The predicted molar refractivity (Wildman–Crippen MR) is 89.1 cm³/mol. The van der Waals surface area contributed by atoms with Gasteiger partial charge in [0.2, 0.25) is 0 Å². The van der Waals surface area contributed by atoms with Crippen LogP contribution in [0.5, 0.6) is 0 Å². The summed E-state index contributed by atoms with van der Waals surface area (Å²) < 4.78 is 17.7. The van der Waals surface area contributed by atoms with Crippen molar-refractivity contribution >= 4 is 0 Å². The van der Waals surface area contributed by atoms with E-state index < -0.39 is 0 Å². The van der Waals surface area contributed by atoms with Crippen molar-refractivity contribution in [2.75, 3.05) is 19.8 Å². The van der Waals surface area contributed by atoms with E-state index in [4.69, 9.17) is 14.2 Å². The SMILES string of the molecule is C=CCC1OC(CO)C(OCC)C1OCCCCCCCC. The largest absolute Gasteiger partial charge is 0.394 e. The van der Waals surface area contributed by atoms with Gasteiger partial charge in [-0.25, -0.2) is 0 Å². The zero-order valence-corrected chi connectivity index (χ0v) is 14.3. The molecular formula is C18H34O4. The van der Waals surface area contributed by atoms with E-state index in [1.807, 2.05) is 13.0 Å². The first-order chi connectivity index (χ1) is 10.8. The molecule has 0 aromatic carbocycles. The van der Waals surface area contributed by atoms with Crippen molar-refractivity contribution in [2.45, 2.75) is 83.2 Å². The molecule has 0 bridgehead atoms. The van der Waals surface area contributed by atoms with Gasteiger partial charge in [0.1, 0.15) is 18.3 Å². The zero-order chi connectivity index (χ0) is 16.2. The van der Waals surface area contributed by atoms with Crippen LogP contribution in [0.25, 0.3) is 0 Å². The lowest BCUT2D eigenvalue weighted by molar-refractivity contribution is -0.0688. The fourth-order valence-electron chi connectivity index (χ4n) is 3.00. The highest BCUT2D eigenvalue weighted by molar-refractivity contribution is 4.95. The second-order valence-corrected chi connectivity index (χ2v) is 5.94. The highest BCUT2D eigenvalue weighted by atomic mass is 16.6. The molecule has 0 amide bonds. The van der Waals surface area contributed by atoms with Crippen molar-refractivity contribution in [1.29, 1.82) is 0 Å². The summed E-state index contributed by atoms with van der Waals surface area (Å²) in [6.45, 7) is 9.27. The fraction of sp³-hybridized carbons (Fsp3) is 0.889. The molecule has 4 unspecified atom stereocenters. The molecule has 0 spiro atoms. The molecule has 1 fully saturated rings. The van der Waals surface area contributed by atoms with Gasteiger partial charge in [-0.15, -0.1) is 6.58 Å². The van der Waals surface area contributed by atoms with Crippen LogP contribution in [-0.2, 0) is 14.2 Å². The Morgan fingerprint density at radius 2 is 1.68 bits per heavy atom. The van der Waals surface area contributed by atoms with Gasteiger partial charge in [-0.3, -0.25) is 0 Å². The second-order valence-electron chi connectivity index (χ2n) is 5.94. The minimum absolute atomic E-state index is 0.0326. The number of aliphatic hydroxyl groups excluding tert-OH is 1. The highest BCUT2D eigenvalue weighted by Crippen LogP contribution is 2.29. The van der Waals surface area contributed by atoms with Crippen molar-refractivity contribution in [3.63, 3.8) is 0 Å². The van der Waals surface area contributed by atoms with Gasteiger partial charge in [-0.1, -0.05) is 45.1 Å². The monoisotopic (exact) mass is 314 g/mol. The van der Waals surface area contributed by atoms with Crippen LogP contribution in [0.3, 0.4) is 0 Å². The van der Waals surface area contributed by atoms with Gasteiger partial charge in [0.25, 0.3) is 0 Å². The molecule has 0 radical (unpaired) electrons. The van der Waals surface area contributed by atoms with Crippen molar-refractivity contribution in [1.82, 2.24) is 0 Å². The molecule has 4 nitrogen and oxygen atoms in total. The summed E-state index contributed by atoms with van der Waals surface area (Å²) in [5.74, 6) is 0. The van der Waals surface area contributed by atoms with Gasteiger partial charge < -0.3 is 19.3 Å². The van der Waals surface area contributed by atoms with E-state index in [1.165, 1.54) is 32.1 Å². The molecule has 4 heteroatoms. The van der Waals surface area contributed by atoms with Crippen LogP contribution >= 0.6 is 0 Å². The van der Waals surface area contributed by atoms with Crippen molar-refractivity contribution in [2.24, 2.45) is 0 Å². The summed E-state index contributed by atoms with van der Waals surface area (Å²) in [6.07, 6.45) is 9.40. The molecule has 1 saturated heterocycles. The Hall–Kier alpha value is -0.420. The fourth-order valence-corrected chi connectivity index (χ4v) is 3.00. The third kappa shape index (κ3) is 6.37. The van der Waals surface area contributed by atoms with Crippen molar-refractivity contribution < 1.29 is 19.3 Å². The average molecular weight is 314 g/mol. The minimum atomic E-state index is -0.292. The molecule has 1 rings (SSSR count). The molecular weight excluding hydrogens is 280 g/mol.